The lowest BCUT2D eigenvalue weighted by atomic mass is 9.86. The molecule has 0 saturated heterocycles. The van der Waals surface area contributed by atoms with Crippen LogP contribution in [0, 0.1) is 0 Å². The summed E-state index contributed by atoms with van der Waals surface area (Å²) >= 11 is 12.3. The Morgan fingerprint density at radius 1 is 1.14 bits per heavy atom. The van der Waals surface area contributed by atoms with Crippen molar-refractivity contribution in [1.29, 1.82) is 0 Å². The summed E-state index contributed by atoms with van der Waals surface area (Å²) < 4.78 is 5.85. The summed E-state index contributed by atoms with van der Waals surface area (Å²) in [5.41, 5.74) is 9.72. The highest BCUT2D eigenvalue weighted by atomic mass is 35.5. The van der Waals surface area contributed by atoms with Gasteiger partial charge in [-0.1, -0.05) is 37.0 Å². The van der Waals surface area contributed by atoms with E-state index in [1.165, 1.54) is 0 Å². The third-order valence-electron chi connectivity index (χ3n) is 3.69. The summed E-state index contributed by atoms with van der Waals surface area (Å²) in [6, 6.07) is 3.53. The number of nitrogen functional groups attached to an aromatic ring is 1. The summed E-state index contributed by atoms with van der Waals surface area (Å²) in [7, 11) is 0. The smallest absolute Gasteiger partial charge is 0.239 e. The summed E-state index contributed by atoms with van der Waals surface area (Å²) in [5, 5.41) is 8.81. The number of rotatable bonds is 3. The number of ether oxygens (including phenoxy) is 1. The van der Waals surface area contributed by atoms with Crippen LogP contribution in [0.5, 0.6) is 11.6 Å². The lowest BCUT2D eigenvalue weighted by Gasteiger charge is -2.25. The van der Waals surface area contributed by atoms with E-state index in [2.05, 4.69) is 10.2 Å². The van der Waals surface area contributed by atoms with Crippen molar-refractivity contribution >= 4 is 28.9 Å². The van der Waals surface area contributed by atoms with Crippen LogP contribution in [-0.2, 0) is 12.8 Å². The van der Waals surface area contributed by atoms with E-state index in [0.717, 1.165) is 35.2 Å². The van der Waals surface area contributed by atoms with Gasteiger partial charge in [0.05, 0.1) is 5.02 Å². The molecule has 0 aliphatic heterocycles. The van der Waals surface area contributed by atoms with Crippen molar-refractivity contribution in [2.24, 2.45) is 0 Å². The van der Waals surface area contributed by atoms with Crippen LogP contribution < -0.4 is 10.5 Å². The second kappa shape index (κ2) is 5.35. The van der Waals surface area contributed by atoms with E-state index in [9.17, 15) is 0 Å². The average Bonchev–Trinajstić information content (AvgIpc) is 2.36. The molecule has 4 nitrogen and oxygen atoms in total. The predicted molar refractivity (Wildman–Crippen MR) is 84.5 cm³/mol. The summed E-state index contributed by atoms with van der Waals surface area (Å²) in [4.78, 5) is 0. The van der Waals surface area contributed by atoms with Crippen molar-refractivity contribution in [3.8, 4) is 11.6 Å². The van der Waals surface area contributed by atoms with E-state index in [4.69, 9.17) is 33.7 Å². The molecule has 0 amide bonds. The largest absolute Gasteiger partial charge is 0.436 e. The first-order valence-electron chi connectivity index (χ1n) is 6.78. The molecule has 0 fully saturated rings. The Bertz CT molecular complexity index is 717. The Hall–Kier alpha value is -1.52. The topological polar surface area (TPSA) is 61.0 Å². The van der Waals surface area contributed by atoms with Crippen molar-refractivity contribution in [2.45, 2.75) is 32.6 Å². The molecule has 0 saturated carbocycles. The Morgan fingerprint density at radius 2 is 1.86 bits per heavy atom. The number of hydrogen-bond donors (Lipinski definition) is 1. The van der Waals surface area contributed by atoms with E-state index in [-0.39, 0.29) is 5.92 Å². The number of hydrogen-bond acceptors (Lipinski definition) is 4. The zero-order valence-corrected chi connectivity index (χ0v) is 13.3. The first kappa shape index (κ1) is 14.4. The van der Waals surface area contributed by atoms with Crippen LogP contribution in [0.2, 0.25) is 10.2 Å². The molecule has 110 valence electrons. The molecule has 3 rings (SSSR count). The fourth-order valence-corrected chi connectivity index (χ4v) is 3.00. The molecule has 1 aliphatic rings. The molecule has 1 aromatic carbocycles. The summed E-state index contributed by atoms with van der Waals surface area (Å²) in [6.45, 7) is 4.07. The van der Waals surface area contributed by atoms with E-state index in [1.54, 1.807) is 12.1 Å². The molecule has 1 aromatic heterocycles. The molecule has 0 radical (unpaired) electrons. The van der Waals surface area contributed by atoms with E-state index in [1.807, 2.05) is 13.8 Å². The molecular formula is C15H15Cl2N3O. The fourth-order valence-electron chi connectivity index (χ4n) is 2.42. The molecule has 2 N–H and O–H groups in total. The van der Waals surface area contributed by atoms with Crippen LogP contribution in [0.1, 0.15) is 36.5 Å². The van der Waals surface area contributed by atoms with Gasteiger partial charge < -0.3 is 10.5 Å². The Kier molecular flexibility index (Phi) is 3.68. The minimum atomic E-state index is 0.236. The van der Waals surface area contributed by atoms with E-state index >= 15 is 0 Å². The van der Waals surface area contributed by atoms with Gasteiger partial charge in [-0.3, -0.25) is 0 Å². The Morgan fingerprint density at radius 3 is 2.48 bits per heavy atom. The maximum absolute atomic E-state index is 6.24. The minimum absolute atomic E-state index is 0.236. The maximum Gasteiger partial charge on any atom is 0.239 e. The zero-order valence-electron chi connectivity index (χ0n) is 11.8. The molecule has 2 aromatic rings. The Balaban J connectivity index is 1.98. The third kappa shape index (κ3) is 2.54. The van der Waals surface area contributed by atoms with E-state index in [0.29, 0.717) is 21.8 Å². The van der Waals surface area contributed by atoms with E-state index < -0.39 is 0 Å². The van der Waals surface area contributed by atoms with Crippen molar-refractivity contribution in [1.82, 2.24) is 10.2 Å². The average molecular weight is 324 g/mol. The highest BCUT2D eigenvalue weighted by molar-refractivity contribution is 6.32. The van der Waals surface area contributed by atoms with Crippen LogP contribution in [0.4, 0.5) is 5.69 Å². The number of nitrogens with two attached hydrogens (primary N) is 1. The van der Waals surface area contributed by atoms with Crippen LogP contribution in [0.25, 0.3) is 0 Å². The van der Waals surface area contributed by atoms with Gasteiger partial charge in [-0.15, -0.1) is 10.2 Å². The number of halogens is 2. The molecule has 21 heavy (non-hydrogen) atoms. The van der Waals surface area contributed by atoms with Gasteiger partial charge in [0.15, 0.2) is 10.9 Å². The van der Waals surface area contributed by atoms with Gasteiger partial charge in [0.2, 0.25) is 5.88 Å². The highest BCUT2D eigenvalue weighted by Gasteiger charge is 2.25. The van der Waals surface area contributed by atoms with Gasteiger partial charge >= 0.3 is 0 Å². The quantitative estimate of drug-likeness (QED) is 0.851. The zero-order chi connectivity index (χ0) is 15.1. The standard InChI is InChI=1S/C15H15Cl2N3O/c1-7(2)10-5-13(19-20-15(10)17)21-14-9-4-3-8(9)12(18)6-11(14)16/h5-7H,3-4,18H2,1-2H3. The third-order valence-corrected chi connectivity index (χ3v) is 4.27. The fraction of sp³-hybridized carbons (Fsp3) is 0.333. The monoisotopic (exact) mass is 323 g/mol. The van der Waals surface area contributed by atoms with Gasteiger partial charge in [-0.2, -0.15) is 0 Å². The minimum Gasteiger partial charge on any atom is -0.436 e. The molecule has 1 aliphatic carbocycles. The molecule has 0 spiro atoms. The Labute approximate surface area is 133 Å². The normalized spacial score (nSPS) is 13.0. The van der Waals surface area contributed by atoms with Gasteiger partial charge in [-0.05, 0) is 36.0 Å². The first-order chi connectivity index (χ1) is 9.97. The molecule has 1 heterocycles. The number of fused-ring (bicyclic) bond motifs is 1. The summed E-state index contributed by atoms with van der Waals surface area (Å²) in [6.07, 6.45) is 1.87. The number of benzene rings is 1. The number of anilines is 1. The maximum atomic E-state index is 6.24. The van der Waals surface area contributed by atoms with Crippen molar-refractivity contribution in [2.75, 3.05) is 5.73 Å². The van der Waals surface area contributed by atoms with Crippen molar-refractivity contribution < 1.29 is 4.74 Å². The molecule has 0 bridgehead atoms. The summed E-state index contributed by atoms with van der Waals surface area (Å²) in [5.74, 6) is 1.25. The molecular weight excluding hydrogens is 309 g/mol. The first-order valence-corrected chi connectivity index (χ1v) is 7.53. The highest BCUT2D eigenvalue weighted by Crippen LogP contribution is 2.43. The van der Waals surface area contributed by atoms with Crippen molar-refractivity contribution in [3.05, 3.63) is 39.0 Å². The number of aromatic nitrogens is 2. The van der Waals surface area contributed by atoms with Gasteiger partial charge in [0.25, 0.3) is 0 Å². The SMILES string of the molecule is CC(C)c1cc(Oc2c(Cl)cc(N)c3c2CC3)nnc1Cl. The molecule has 6 heteroatoms. The van der Waals surface area contributed by atoms with Gasteiger partial charge in [-0.25, -0.2) is 0 Å². The van der Waals surface area contributed by atoms with Crippen LogP contribution >= 0.6 is 23.2 Å². The lowest BCUT2D eigenvalue weighted by molar-refractivity contribution is 0.443. The molecule has 0 unspecified atom stereocenters. The van der Waals surface area contributed by atoms with Crippen LogP contribution in [-0.4, -0.2) is 10.2 Å². The second-order valence-corrected chi connectivity index (χ2v) is 6.18. The lowest BCUT2D eigenvalue weighted by Crippen LogP contribution is -2.14. The van der Waals surface area contributed by atoms with Crippen molar-refractivity contribution in [3.63, 3.8) is 0 Å². The van der Waals surface area contributed by atoms with Gasteiger partial charge in [0.1, 0.15) is 0 Å². The van der Waals surface area contributed by atoms with Gasteiger partial charge in [0, 0.05) is 17.3 Å². The second-order valence-electron chi connectivity index (χ2n) is 5.42. The van der Waals surface area contributed by atoms with Crippen LogP contribution in [0.15, 0.2) is 12.1 Å². The predicted octanol–water partition coefficient (Wildman–Crippen LogP) is 4.38. The molecule has 0 atom stereocenters. The van der Waals surface area contributed by atoms with Crippen LogP contribution in [0.3, 0.4) is 0 Å². The number of nitrogens with zero attached hydrogens (tertiary/aromatic N) is 2.